The van der Waals surface area contributed by atoms with Crippen molar-refractivity contribution in [3.8, 4) is 44.2 Å². The smallest absolute Gasteiger partial charge is 0.258 e. The summed E-state index contributed by atoms with van der Waals surface area (Å²) in [6.07, 6.45) is 3.79. The number of nitrogens with one attached hydrogen (secondary N) is 2. The molecule has 0 atom stereocenters. The first-order chi connectivity index (χ1) is 31.3. The molecule has 1 aliphatic heterocycles. The van der Waals surface area contributed by atoms with Gasteiger partial charge < -0.3 is 38.5 Å². The standard InChI is InChI=1S/C18H22N2O.C15H9N3O2S.C15H14N2O4S/c1-4-20(5-2)17-11-9-16(10-12-17)19-18(21)15-8-6-7-14(3)13-15;1-2-4-10(5-3-1)15-16-14(18-20-15)13-7-6-12(21-13)11-8-9-19-17-11;18-10-17(15(22)16-9-12-2-1-5-19-12)11-3-4-13-14(8-11)21-7-6-20-13/h6-13H,4-5H2,1-3H3,(H,19,21);1-9H;1-5,8,10H,6-7,9H2,(H,16,22). The Labute approximate surface area is 379 Å². The number of ether oxygens (including phenoxy) is 2. The summed E-state index contributed by atoms with van der Waals surface area (Å²) in [4.78, 5) is 33.5. The summed E-state index contributed by atoms with van der Waals surface area (Å²) in [5.41, 5.74) is 6.08. The lowest BCUT2D eigenvalue weighted by molar-refractivity contribution is -0.106. The van der Waals surface area contributed by atoms with E-state index in [4.69, 9.17) is 35.2 Å². The van der Waals surface area contributed by atoms with Gasteiger partial charge in [0, 0.05) is 47.7 Å². The van der Waals surface area contributed by atoms with E-state index in [9.17, 15) is 9.59 Å². The van der Waals surface area contributed by atoms with Crippen LogP contribution < -0.4 is 29.9 Å². The Hall–Kier alpha value is -7.56. The van der Waals surface area contributed by atoms with E-state index in [1.165, 1.54) is 10.6 Å². The number of hydrogen-bond donors (Lipinski definition) is 2. The zero-order valence-corrected chi connectivity index (χ0v) is 36.9. The number of fused-ring (bicyclic) bond motifs is 1. The van der Waals surface area contributed by atoms with Crippen molar-refractivity contribution in [1.82, 2.24) is 20.6 Å². The van der Waals surface area contributed by atoms with Crippen LogP contribution in [0.15, 0.2) is 153 Å². The molecular formula is C48H45N7O7S2. The molecule has 326 valence electrons. The summed E-state index contributed by atoms with van der Waals surface area (Å²) >= 11 is 6.80. The maximum absolute atomic E-state index is 12.2. The number of rotatable bonds is 12. The number of thiophene rings is 1. The monoisotopic (exact) mass is 895 g/mol. The van der Waals surface area contributed by atoms with Gasteiger partial charge in [-0.05, 0) is 118 Å². The number of carbonyl (C=O) groups is 2. The highest BCUT2D eigenvalue weighted by Crippen LogP contribution is 2.35. The predicted octanol–water partition coefficient (Wildman–Crippen LogP) is 10.3. The molecule has 0 unspecified atom stereocenters. The third-order valence-corrected chi connectivity index (χ3v) is 11.1. The summed E-state index contributed by atoms with van der Waals surface area (Å²) in [6, 6.07) is 39.9. The molecule has 64 heavy (non-hydrogen) atoms. The van der Waals surface area contributed by atoms with Crippen LogP contribution in [0.4, 0.5) is 17.1 Å². The molecule has 0 aliphatic carbocycles. The Morgan fingerprint density at radius 3 is 2.27 bits per heavy atom. The van der Waals surface area contributed by atoms with E-state index < -0.39 is 0 Å². The molecular weight excluding hydrogens is 851 g/mol. The molecule has 0 spiro atoms. The molecule has 2 N–H and O–H groups in total. The van der Waals surface area contributed by atoms with E-state index in [0.29, 0.717) is 60.6 Å². The molecule has 4 aromatic carbocycles. The topological polar surface area (TPSA) is 161 Å². The number of hydrogen-bond acceptors (Lipinski definition) is 13. The van der Waals surface area contributed by atoms with Crippen LogP contribution in [0.25, 0.3) is 32.7 Å². The molecule has 0 saturated heterocycles. The van der Waals surface area contributed by atoms with Gasteiger partial charge in [-0.15, -0.1) is 11.3 Å². The van der Waals surface area contributed by atoms with Gasteiger partial charge in [0.1, 0.15) is 30.9 Å². The second-order valence-electron chi connectivity index (χ2n) is 13.9. The fourth-order valence-corrected chi connectivity index (χ4v) is 7.47. The number of aromatic nitrogens is 3. The van der Waals surface area contributed by atoms with Gasteiger partial charge in [0.15, 0.2) is 16.6 Å². The van der Waals surface area contributed by atoms with E-state index >= 15 is 0 Å². The van der Waals surface area contributed by atoms with Gasteiger partial charge in [-0.3, -0.25) is 14.5 Å². The third kappa shape index (κ3) is 11.7. The molecule has 5 heterocycles. The first kappa shape index (κ1) is 44.5. The normalized spacial score (nSPS) is 11.2. The molecule has 2 amide bonds. The second kappa shape index (κ2) is 22.0. The van der Waals surface area contributed by atoms with Gasteiger partial charge in [0.2, 0.25) is 12.2 Å². The Kier molecular flexibility index (Phi) is 15.3. The van der Waals surface area contributed by atoms with Gasteiger partial charge >= 0.3 is 0 Å². The molecule has 8 aromatic rings. The summed E-state index contributed by atoms with van der Waals surface area (Å²) in [5, 5.41) is 14.1. The average molecular weight is 896 g/mol. The van der Waals surface area contributed by atoms with Gasteiger partial charge in [0.25, 0.3) is 11.8 Å². The Morgan fingerprint density at radius 2 is 1.56 bits per heavy atom. The fourth-order valence-electron chi connectivity index (χ4n) is 6.36. The Balaban J connectivity index is 0.000000144. The lowest BCUT2D eigenvalue weighted by Gasteiger charge is -2.23. The summed E-state index contributed by atoms with van der Waals surface area (Å²) < 4.78 is 26.3. The Morgan fingerprint density at radius 1 is 0.797 bits per heavy atom. The summed E-state index contributed by atoms with van der Waals surface area (Å²) in [7, 11) is 0. The molecule has 1 aliphatic rings. The summed E-state index contributed by atoms with van der Waals surface area (Å²) in [5.74, 6) is 3.01. The largest absolute Gasteiger partial charge is 0.486 e. The number of furan rings is 1. The Bertz CT molecular complexity index is 2720. The van der Waals surface area contributed by atoms with Crippen molar-refractivity contribution >= 4 is 58.0 Å². The van der Waals surface area contributed by atoms with Gasteiger partial charge in [-0.25, -0.2) is 0 Å². The predicted molar refractivity (Wildman–Crippen MR) is 252 cm³/mol. The van der Waals surface area contributed by atoms with Crippen molar-refractivity contribution in [3.63, 3.8) is 0 Å². The number of carbonyl (C=O) groups excluding carboxylic acids is 2. The lowest BCUT2D eigenvalue weighted by Crippen LogP contribution is -2.38. The van der Waals surface area contributed by atoms with Crippen LogP contribution in [-0.2, 0) is 11.3 Å². The number of nitrogens with zero attached hydrogens (tertiary/aromatic N) is 5. The number of amides is 2. The molecule has 14 nitrogen and oxygen atoms in total. The number of anilines is 3. The molecule has 0 bridgehead atoms. The van der Waals surface area contributed by atoms with Crippen molar-refractivity contribution in [2.24, 2.45) is 0 Å². The highest BCUT2D eigenvalue weighted by molar-refractivity contribution is 7.80. The lowest BCUT2D eigenvalue weighted by atomic mass is 10.1. The molecule has 0 saturated carbocycles. The van der Waals surface area contributed by atoms with E-state index in [0.717, 1.165) is 51.1 Å². The van der Waals surface area contributed by atoms with Crippen LogP contribution in [0.2, 0.25) is 0 Å². The van der Waals surface area contributed by atoms with Crippen molar-refractivity contribution in [1.29, 1.82) is 0 Å². The first-order valence-corrected chi connectivity index (χ1v) is 21.6. The number of thiocarbonyl (C=S) groups is 1. The summed E-state index contributed by atoms with van der Waals surface area (Å²) in [6.45, 7) is 9.62. The SMILES string of the molecule is CCN(CC)c1ccc(NC(=O)c2cccc(C)c2)cc1.O=CN(C(=S)NCc1ccco1)c1ccc2c(c1)OCCO2.c1ccc(-c2nc(-c3ccc(-c4ccon4)s3)no2)cc1. The van der Waals surface area contributed by atoms with Crippen LogP contribution in [0.1, 0.15) is 35.5 Å². The average Bonchev–Trinajstić information content (AvgIpc) is 4.19. The molecule has 0 radical (unpaired) electrons. The van der Waals surface area contributed by atoms with Crippen molar-refractivity contribution in [2.75, 3.05) is 41.4 Å². The van der Waals surface area contributed by atoms with Crippen molar-refractivity contribution < 1.29 is 32.5 Å². The van der Waals surface area contributed by atoms with E-state index in [1.807, 2.05) is 110 Å². The van der Waals surface area contributed by atoms with Crippen molar-refractivity contribution in [3.05, 3.63) is 157 Å². The first-order valence-electron chi connectivity index (χ1n) is 20.4. The molecule has 16 heteroatoms. The molecule has 9 rings (SSSR count). The minimum atomic E-state index is -0.0747. The zero-order chi connectivity index (χ0) is 44.7. The fraction of sp³-hybridized carbons (Fsp3) is 0.167. The minimum absolute atomic E-state index is 0.0747. The number of benzene rings is 4. The zero-order valence-electron chi connectivity index (χ0n) is 35.3. The number of aryl methyl sites for hydroxylation is 1. The maximum Gasteiger partial charge on any atom is 0.258 e. The van der Waals surface area contributed by atoms with Crippen LogP contribution in [0.3, 0.4) is 0 Å². The van der Waals surface area contributed by atoms with Gasteiger partial charge in [0.05, 0.1) is 28.2 Å². The maximum atomic E-state index is 12.2. The highest BCUT2D eigenvalue weighted by atomic mass is 32.1. The van der Waals surface area contributed by atoms with Crippen LogP contribution in [0, 0.1) is 6.92 Å². The van der Waals surface area contributed by atoms with Crippen LogP contribution in [-0.4, -0.2) is 59.0 Å². The van der Waals surface area contributed by atoms with Gasteiger partial charge in [-0.2, -0.15) is 4.98 Å². The van der Waals surface area contributed by atoms with Crippen LogP contribution >= 0.6 is 23.6 Å². The van der Waals surface area contributed by atoms with Crippen LogP contribution in [0.5, 0.6) is 11.5 Å². The minimum Gasteiger partial charge on any atom is -0.486 e. The quantitative estimate of drug-likeness (QED) is 0.0881. The van der Waals surface area contributed by atoms with Crippen molar-refractivity contribution in [2.45, 2.75) is 27.3 Å². The second-order valence-corrected chi connectivity index (χ2v) is 15.4. The third-order valence-electron chi connectivity index (χ3n) is 9.62. The highest BCUT2D eigenvalue weighted by Gasteiger charge is 2.18. The molecule has 4 aromatic heterocycles. The van der Waals surface area contributed by atoms with E-state index in [-0.39, 0.29) is 11.0 Å². The van der Waals surface area contributed by atoms with E-state index in [2.05, 4.69) is 44.7 Å². The molecule has 0 fully saturated rings. The van der Waals surface area contributed by atoms with E-state index in [1.54, 1.807) is 48.1 Å². The van der Waals surface area contributed by atoms with Gasteiger partial charge in [-0.1, -0.05) is 46.2 Å².